The van der Waals surface area contributed by atoms with Gasteiger partial charge in [0, 0.05) is 12.1 Å². The Morgan fingerprint density at radius 2 is 2.04 bits per heavy atom. The Labute approximate surface area is 130 Å². The molecule has 6 nitrogen and oxygen atoms in total. The molecule has 0 atom stereocenters. The van der Waals surface area contributed by atoms with Crippen molar-refractivity contribution in [2.75, 3.05) is 20.3 Å². The summed E-state index contributed by atoms with van der Waals surface area (Å²) >= 11 is 0. The van der Waals surface area contributed by atoms with Crippen LogP contribution in [0.4, 0.5) is 18.9 Å². The molecule has 9 heteroatoms. The van der Waals surface area contributed by atoms with Gasteiger partial charge in [0.15, 0.2) is 18.1 Å². The Morgan fingerprint density at radius 3 is 2.57 bits per heavy atom. The van der Waals surface area contributed by atoms with Crippen LogP contribution in [0.1, 0.15) is 18.4 Å². The average Bonchev–Trinajstić information content (AvgIpc) is 3.28. The predicted octanol–water partition coefficient (Wildman–Crippen LogP) is 3.04. The van der Waals surface area contributed by atoms with Gasteiger partial charge in [-0.1, -0.05) is 0 Å². The van der Waals surface area contributed by atoms with Crippen molar-refractivity contribution in [1.29, 1.82) is 0 Å². The van der Waals surface area contributed by atoms with Gasteiger partial charge in [-0.2, -0.15) is 13.2 Å². The summed E-state index contributed by atoms with van der Waals surface area (Å²) in [5.41, 5.74) is 0.0399. The lowest BCUT2D eigenvalue weighted by atomic mass is 10.1. The Balaban J connectivity index is 2.18. The molecule has 0 heterocycles. The lowest BCUT2D eigenvalue weighted by Crippen LogP contribution is -2.20. The minimum atomic E-state index is -4.54. The van der Waals surface area contributed by atoms with E-state index in [1.807, 2.05) is 0 Å². The molecule has 1 aliphatic rings. The summed E-state index contributed by atoms with van der Waals surface area (Å²) in [6, 6.07) is 2.31. The number of methoxy groups -OCH3 is 1. The number of nitro benzene ring substituents is 1. The van der Waals surface area contributed by atoms with E-state index in [9.17, 15) is 23.3 Å². The van der Waals surface area contributed by atoms with E-state index in [0.29, 0.717) is 11.5 Å². The molecular formula is C14H17F3N2O4. The van der Waals surface area contributed by atoms with Gasteiger partial charge in [0.05, 0.1) is 18.1 Å². The highest BCUT2D eigenvalue weighted by molar-refractivity contribution is 5.54. The van der Waals surface area contributed by atoms with Crippen LogP contribution in [0.25, 0.3) is 0 Å². The minimum absolute atomic E-state index is 0.0306. The lowest BCUT2D eigenvalue weighted by molar-refractivity contribution is -0.385. The second kappa shape index (κ2) is 7.03. The van der Waals surface area contributed by atoms with Crippen LogP contribution in [0.15, 0.2) is 12.1 Å². The van der Waals surface area contributed by atoms with Gasteiger partial charge in [-0.3, -0.25) is 10.1 Å². The Morgan fingerprint density at radius 1 is 1.35 bits per heavy atom. The van der Waals surface area contributed by atoms with E-state index in [-0.39, 0.29) is 23.7 Å². The number of ether oxygens (including phenoxy) is 2. The number of nitrogens with one attached hydrogen (secondary N) is 1. The Hall–Kier alpha value is -2.03. The van der Waals surface area contributed by atoms with Crippen LogP contribution in [0.2, 0.25) is 0 Å². The molecule has 23 heavy (non-hydrogen) atoms. The fourth-order valence-electron chi connectivity index (χ4n) is 2.07. The van der Waals surface area contributed by atoms with Crippen molar-refractivity contribution in [3.63, 3.8) is 0 Å². The summed E-state index contributed by atoms with van der Waals surface area (Å²) < 4.78 is 46.4. The van der Waals surface area contributed by atoms with E-state index in [0.717, 1.165) is 25.5 Å². The average molecular weight is 334 g/mol. The van der Waals surface area contributed by atoms with Gasteiger partial charge < -0.3 is 14.8 Å². The number of alkyl halides is 3. The first kappa shape index (κ1) is 17.3. The Kier molecular flexibility index (Phi) is 5.30. The van der Waals surface area contributed by atoms with Crippen LogP contribution in [-0.4, -0.2) is 31.4 Å². The number of nitrogens with zero attached hydrogens (tertiary/aromatic N) is 1. The molecule has 128 valence electrons. The standard InChI is InChI=1S/C14H17F3N2O4/c1-22-12-4-10(7-18-6-9-2-3-9)11(19(20)21)5-13(12)23-8-14(15,16)17/h4-5,9,18H,2-3,6-8H2,1H3. The molecule has 0 aliphatic heterocycles. The van der Waals surface area contributed by atoms with Crippen molar-refractivity contribution in [3.05, 3.63) is 27.8 Å². The zero-order valence-electron chi connectivity index (χ0n) is 12.5. The van der Waals surface area contributed by atoms with E-state index in [1.165, 1.54) is 13.2 Å². The summed E-state index contributed by atoms with van der Waals surface area (Å²) in [4.78, 5) is 10.5. The molecule has 0 amide bonds. The molecule has 1 aromatic carbocycles. The molecule has 0 bridgehead atoms. The number of benzene rings is 1. The smallest absolute Gasteiger partial charge is 0.422 e. The van der Waals surface area contributed by atoms with Crippen molar-refractivity contribution in [3.8, 4) is 11.5 Å². The summed E-state index contributed by atoms with van der Waals surface area (Å²) in [6.07, 6.45) is -2.25. The zero-order chi connectivity index (χ0) is 17.0. The molecule has 0 aromatic heterocycles. The first-order valence-corrected chi connectivity index (χ1v) is 7.05. The van der Waals surface area contributed by atoms with E-state index < -0.39 is 17.7 Å². The first-order chi connectivity index (χ1) is 10.8. The molecular weight excluding hydrogens is 317 g/mol. The highest BCUT2D eigenvalue weighted by atomic mass is 19.4. The quantitative estimate of drug-likeness (QED) is 0.584. The van der Waals surface area contributed by atoms with Crippen LogP contribution >= 0.6 is 0 Å². The third kappa shape index (κ3) is 5.27. The predicted molar refractivity (Wildman–Crippen MR) is 75.6 cm³/mol. The zero-order valence-corrected chi connectivity index (χ0v) is 12.5. The van der Waals surface area contributed by atoms with E-state index in [1.54, 1.807) is 0 Å². The van der Waals surface area contributed by atoms with Crippen LogP contribution in [0.5, 0.6) is 11.5 Å². The van der Waals surface area contributed by atoms with Crippen molar-refractivity contribution in [2.45, 2.75) is 25.6 Å². The van der Waals surface area contributed by atoms with E-state index in [2.05, 4.69) is 10.1 Å². The normalized spacial score (nSPS) is 14.6. The van der Waals surface area contributed by atoms with Gasteiger partial charge in [-0.25, -0.2) is 0 Å². The molecule has 1 N–H and O–H groups in total. The SMILES string of the molecule is COc1cc(CNCC2CC2)c([N+](=O)[O-])cc1OCC(F)(F)F. The van der Waals surface area contributed by atoms with Gasteiger partial charge in [0.2, 0.25) is 0 Å². The Bertz CT molecular complexity index is 574. The number of hydrogen-bond donors (Lipinski definition) is 1. The highest BCUT2D eigenvalue weighted by Crippen LogP contribution is 2.36. The fourth-order valence-corrected chi connectivity index (χ4v) is 2.07. The van der Waals surface area contributed by atoms with E-state index >= 15 is 0 Å². The third-order valence-electron chi connectivity index (χ3n) is 3.40. The van der Waals surface area contributed by atoms with Gasteiger partial charge in [0.25, 0.3) is 5.69 Å². The maximum absolute atomic E-state index is 12.3. The van der Waals surface area contributed by atoms with E-state index in [4.69, 9.17) is 4.74 Å². The summed E-state index contributed by atoms with van der Waals surface area (Å²) in [5.74, 6) is 0.330. The molecule has 0 spiro atoms. The van der Waals surface area contributed by atoms with Crippen molar-refractivity contribution >= 4 is 5.69 Å². The molecule has 0 saturated heterocycles. The lowest BCUT2D eigenvalue weighted by Gasteiger charge is -2.14. The number of rotatable bonds is 8. The molecule has 2 rings (SSSR count). The second-order valence-corrected chi connectivity index (χ2v) is 5.37. The number of nitro groups is 1. The van der Waals surface area contributed by atoms with Gasteiger partial charge >= 0.3 is 6.18 Å². The second-order valence-electron chi connectivity index (χ2n) is 5.37. The maximum atomic E-state index is 12.3. The number of halogens is 3. The first-order valence-electron chi connectivity index (χ1n) is 7.05. The van der Waals surface area contributed by atoms with Crippen molar-refractivity contribution in [2.24, 2.45) is 5.92 Å². The van der Waals surface area contributed by atoms with Crippen LogP contribution in [0, 0.1) is 16.0 Å². The molecule has 0 unspecified atom stereocenters. The van der Waals surface area contributed by atoms with Crippen LogP contribution in [-0.2, 0) is 6.54 Å². The molecule has 1 fully saturated rings. The molecule has 1 aliphatic carbocycles. The molecule has 1 saturated carbocycles. The summed E-state index contributed by atoms with van der Waals surface area (Å²) in [7, 11) is 1.27. The summed E-state index contributed by atoms with van der Waals surface area (Å²) in [5, 5.41) is 14.2. The minimum Gasteiger partial charge on any atom is -0.493 e. The van der Waals surface area contributed by atoms with Crippen LogP contribution in [0.3, 0.4) is 0 Å². The van der Waals surface area contributed by atoms with Crippen LogP contribution < -0.4 is 14.8 Å². The fraction of sp³-hybridized carbons (Fsp3) is 0.571. The maximum Gasteiger partial charge on any atom is 0.422 e. The molecule has 0 radical (unpaired) electrons. The highest BCUT2D eigenvalue weighted by Gasteiger charge is 2.30. The number of hydrogen-bond acceptors (Lipinski definition) is 5. The van der Waals surface area contributed by atoms with Crippen molar-refractivity contribution in [1.82, 2.24) is 5.32 Å². The van der Waals surface area contributed by atoms with Gasteiger partial charge in [0.1, 0.15) is 0 Å². The van der Waals surface area contributed by atoms with Crippen molar-refractivity contribution < 1.29 is 27.6 Å². The summed E-state index contributed by atoms with van der Waals surface area (Å²) in [6.45, 7) is -0.547. The van der Waals surface area contributed by atoms with Gasteiger partial charge in [-0.15, -0.1) is 0 Å². The largest absolute Gasteiger partial charge is 0.493 e. The topological polar surface area (TPSA) is 73.6 Å². The third-order valence-corrected chi connectivity index (χ3v) is 3.40. The van der Waals surface area contributed by atoms with Gasteiger partial charge in [-0.05, 0) is 31.4 Å². The monoisotopic (exact) mass is 334 g/mol. The molecule has 1 aromatic rings.